The molecule has 1 fully saturated rings. The molecular formula is C28H30N6. The predicted molar refractivity (Wildman–Crippen MR) is 141 cm³/mol. The summed E-state index contributed by atoms with van der Waals surface area (Å²) in [6.45, 7) is 4.33. The van der Waals surface area contributed by atoms with Crippen LogP contribution in [-0.4, -0.2) is 23.1 Å². The highest BCUT2D eigenvalue weighted by atomic mass is 15.2. The van der Waals surface area contributed by atoms with Gasteiger partial charge in [-0.25, -0.2) is 0 Å². The first-order chi connectivity index (χ1) is 16.8. The molecule has 1 atom stereocenters. The molecule has 2 aliphatic rings. The maximum Gasteiger partial charge on any atom is 0.0722 e. The molecule has 0 amide bonds. The molecule has 34 heavy (non-hydrogen) atoms. The first-order valence-electron chi connectivity index (χ1n) is 12.1. The third-order valence-electron chi connectivity index (χ3n) is 7.04. The molecule has 2 aromatic heterocycles. The first-order valence-corrected chi connectivity index (χ1v) is 12.1. The summed E-state index contributed by atoms with van der Waals surface area (Å²) in [6.07, 6.45) is 12.3. The molecule has 1 saturated heterocycles. The van der Waals surface area contributed by atoms with Gasteiger partial charge in [0.1, 0.15) is 0 Å². The summed E-state index contributed by atoms with van der Waals surface area (Å²) in [4.78, 5) is 9.99. The minimum absolute atomic E-state index is 0.235. The second-order valence-electron chi connectivity index (χ2n) is 9.26. The van der Waals surface area contributed by atoms with Crippen LogP contribution in [0.5, 0.6) is 0 Å². The van der Waals surface area contributed by atoms with Gasteiger partial charge in [0.25, 0.3) is 0 Å². The summed E-state index contributed by atoms with van der Waals surface area (Å²) in [7, 11) is 0. The van der Waals surface area contributed by atoms with E-state index in [1.807, 2.05) is 30.9 Å². The van der Waals surface area contributed by atoms with Gasteiger partial charge in [-0.15, -0.1) is 0 Å². The number of rotatable bonds is 5. The Bertz CT molecular complexity index is 1320. The van der Waals surface area contributed by atoms with Crippen LogP contribution in [0.3, 0.4) is 0 Å². The van der Waals surface area contributed by atoms with Gasteiger partial charge < -0.3 is 25.8 Å². The van der Waals surface area contributed by atoms with Gasteiger partial charge in [0.15, 0.2) is 0 Å². The van der Waals surface area contributed by atoms with Crippen molar-refractivity contribution in [2.24, 2.45) is 5.92 Å². The predicted octanol–water partition coefficient (Wildman–Crippen LogP) is 6.06. The number of aromatic amines is 1. The van der Waals surface area contributed by atoms with Crippen LogP contribution in [0.2, 0.25) is 0 Å². The fourth-order valence-corrected chi connectivity index (χ4v) is 5.36. The van der Waals surface area contributed by atoms with Gasteiger partial charge in [-0.05, 0) is 91.7 Å². The van der Waals surface area contributed by atoms with Crippen molar-refractivity contribution in [1.29, 1.82) is 0 Å². The Balaban J connectivity index is 1.34. The lowest BCUT2D eigenvalue weighted by molar-refractivity contribution is 0.335. The van der Waals surface area contributed by atoms with Crippen molar-refractivity contribution in [2.75, 3.05) is 28.6 Å². The molecule has 2 aromatic carbocycles. The molecule has 0 saturated carbocycles. The topological polar surface area (TPSA) is 68.0 Å². The van der Waals surface area contributed by atoms with E-state index < -0.39 is 0 Å². The van der Waals surface area contributed by atoms with Gasteiger partial charge in [-0.3, -0.25) is 4.98 Å². The van der Waals surface area contributed by atoms with Gasteiger partial charge in [-0.2, -0.15) is 0 Å². The molecule has 2 aliphatic heterocycles. The Morgan fingerprint density at radius 2 is 2.00 bits per heavy atom. The SMILES string of the molecule is Cc1cc(NC(c2cccnc2)C2CCNCC2)cc2c1N(c1ccc3cc[nH]c3c1)C=CN2. The second-order valence-corrected chi connectivity index (χ2v) is 9.26. The van der Waals surface area contributed by atoms with E-state index >= 15 is 0 Å². The average molecular weight is 451 g/mol. The summed E-state index contributed by atoms with van der Waals surface area (Å²) in [5.74, 6) is 0.568. The Morgan fingerprint density at radius 1 is 1.09 bits per heavy atom. The standard InChI is InChI=1S/C28H30N6/c1-19-15-23(33-27(21-6-10-29-11-7-21)22-3-2-9-30-18-22)16-26-28(19)34(14-13-32-26)24-5-4-20-8-12-31-25(20)17-24/h2-5,8-9,12-18,21,27,29,31-33H,6-7,10-11H2,1H3. The maximum absolute atomic E-state index is 4.40. The smallest absolute Gasteiger partial charge is 0.0722 e. The highest BCUT2D eigenvalue weighted by Crippen LogP contribution is 2.42. The number of H-pyrrole nitrogens is 1. The van der Waals surface area contributed by atoms with Crippen molar-refractivity contribution in [3.05, 3.63) is 90.6 Å². The van der Waals surface area contributed by atoms with Gasteiger partial charge in [0.05, 0.1) is 17.4 Å². The van der Waals surface area contributed by atoms with E-state index in [0.29, 0.717) is 5.92 Å². The second kappa shape index (κ2) is 8.88. The summed E-state index contributed by atoms with van der Waals surface area (Å²) in [5.41, 5.74) is 8.16. The molecule has 6 heteroatoms. The third-order valence-corrected chi connectivity index (χ3v) is 7.04. The van der Waals surface area contributed by atoms with Crippen LogP contribution >= 0.6 is 0 Å². The largest absolute Gasteiger partial charge is 0.378 e. The van der Waals surface area contributed by atoms with Gasteiger partial charge >= 0.3 is 0 Å². The van der Waals surface area contributed by atoms with Crippen molar-refractivity contribution >= 4 is 33.7 Å². The van der Waals surface area contributed by atoms with Crippen LogP contribution in [0.1, 0.15) is 30.0 Å². The van der Waals surface area contributed by atoms with Crippen molar-refractivity contribution < 1.29 is 0 Å². The molecule has 4 aromatic rings. The number of piperidine rings is 1. The number of benzene rings is 2. The number of hydrogen-bond donors (Lipinski definition) is 4. The first kappa shape index (κ1) is 20.8. The minimum Gasteiger partial charge on any atom is -0.378 e. The summed E-state index contributed by atoms with van der Waals surface area (Å²) in [5, 5.41) is 12.1. The van der Waals surface area contributed by atoms with Crippen LogP contribution in [0.15, 0.2) is 79.5 Å². The van der Waals surface area contributed by atoms with E-state index in [4.69, 9.17) is 0 Å². The fourth-order valence-electron chi connectivity index (χ4n) is 5.36. The number of anilines is 4. The molecule has 4 heterocycles. The number of aromatic nitrogens is 2. The van der Waals surface area contributed by atoms with Crippen LogP contribution < -0.4 is 20.9 Å². The average Bonchev–Trinajstić information content (AvgIpc) is 3.36. The lowest BCUT2D eigenvalue weighted by Gasteiger charge is -2.33. The Kier molecular flexibility index (Phi) is 5.43. The van der Waals surface area contributed by atoms with E-state index in [1.165, 1.54) is 22.2 Å². The molecule has 4 N–H and O–H groups in total. The molecule has 6 nitrogen and oxygen atoms in total. The van der Waals surface area contributed by atoms with Gasteiger partial charge in [0.2, 0.25) is 0 Å². The van der Waals surface area contributed by atoms with E-state index in [-0.39, 0.29) is 6.04 Å². The van der Waals surface area contributed by atoms with Gasteiger partial charge in [0, 0.05) is 47.9 Å². The van der Waals surface area contributed by atoms with Crippen LogP contribution in [-0.2, 0) is 0 Å². The minimum atomic E-state index is 0.235. The summed E-state index contributed by atoms with van der Waals surface area (Å²) < 4.78 is 0. The third kappa shape index (κ3) is 3.90. The van der Waals surface area contributed by atoms with Crippen molar-refractivity contribution in [1.82, 2.24) is 15.3 Å². The molecule has 0 aliphatic carbocycles. The Hall–Kier alpha value is -3.77. The van der Waals surface area contributed by atoms with Crippen molar-refractivity contribution in [3.63, 3.8) is 0 Å². The Labute approximate surface area is 200 Å². The normalized spacial score (nSPS) is 16.8. The van der Waals surface area contributed by atoms with Crippen LogP contribution in [0.25, 0.3) is 10.9 Å². The van der Waals surface area contributed by atoms with Crippen molar-refractivity contribution in [2.45, 2.75) is 25.8 Å². The molecule has 0 radical (unpaired) electrons. The zero-order chi connectivity index (χ0) is 22.9. The molecule has 1 unspecified atom stereocenters. The van der Waals surface area contributed by atoms with Crippen molar-refractivity contribution in [3.8, 4) is 0 Å². The number of fused-ring (bicyclic) bond motifs is 2. The number of nitrogens with zero attached hydrogens (tertiary/aromatic N) is 2. The number of hydrogen-bond acceptors (Lipinski definition) is 5. The van der Waals surface area contributed by atoms with Crippen LogP contribution in [0.4, 0.5) is 22.7 Å². The Morgan fingerprint density at radius 3 is 2.85 bits per heavy atom. The fraction of sp³-hybridized carbons (Fsp3) is 0.250. The quantitative estimate of drug-likeness (QED) is 0.298. The van der Waals surface area contributed by atoms with Crippen LogP contribution in [0, 0.1) is 12.8 Å². The van der Waals surface area contributed by atoms with E-state index in [9.17, 15) is 0 Å². The molecule has 0 spiro atoms. The lowest BCUT2D eigenvalue weighted by atomic mass is 9.86. The summed E-state index contributed by atoms with van der Waals surface area (Å²) >= 11 is 0. The highest BCUT2D eigenvalue weighted by Gasteiger charge is 2.26. The number of nitrogens with one attached hydrogen (secondary N) is 4. The molecule has 0 bridgehead atoms. The highest BCUT2D eigenvalue weighted by molar-refractivity contribution is 5.90. The maximum atomic E-state index is 4.40. The summed E-state index contributed by atoms with van der Waals surface area (Å²) in [6, 6.07) is 17.6. The van der Waals surface area contributed by atoms with E-state index in [0.717, 1.165) is 48.5 Å². The monoisotopic (exact) mass is 450 g/mol. The lowest BCUT2D eigenvalue weighted by Crippen LogP contribution is -2.33. The zero-order valence-electron chi connectivity index (χ0n) is 19.4. The van der Waals surface area contributed by atoms with Gasteiger partial charge in [-0.1, -0.05) is 12.1 Å². The number of aryl methyl sites for hydroxylation is 1. The number of pyridine rings is 1. The molecular weight excluding hydrogens is 420 g/mol. The molecule has 172 valence electrons. The van der Waals surface area contributed by atoms with E-state index in [2.05, 4.69) is 86.4 Å². The van der Waals surface area contributed by atoms with E-state index in [1.54, 1.807) is 0 Å². The molecule has 6 rings (SSSR count). The zero-order valence-corrected chi connectivity index (χ0v) is 19.4.